The molecule has 0 heterocycles. The quantitative estimate of drug-likeness (QED) is 0.248. The van der Waals surface area contributed by atoms with Crippen LogP contribution in [-0.4, -0.2) is 32.1 Å². The molecule has 0 aliphatic heterocycles. The number of ether oxygens (including phenoxy) is 1. The van der Waals surface area contributed by atoms with Crippen molar-refractivity contribution in [1.29, 1.82) is 0 Å². The van der Waals surface area contributed by atoms with E-state index in [1.807, 2.05) is 0 Å². The molecule has 7 nitrogen and oxygen atoms in total. The Morgan fingerprint density at radius 3 is 2.67 bits per heavy atom. The number of anilines is 1. The molecule has 0 aliphatic rings. The Kier molecular flexibility index (Phi) is 6.76. The SMILES string of the molecule is COCCNC(=O)/C=C(/C)NNC(=O)c1ccccc1N. The van der Waals surface area contributed by atoms with Crippen molar-refractivity contribution in [2.45, 2.75) is 6.92 Å². The minimum atomic E-state index is -0.374. The van der Waals surface area contributed by atoms with E-state index in [2.05, 4.69) is 16.2 Å². The molecule has 0 saturated heterocycles. The predicted octanol–water partition coefficient (Wildman–Crippen LogP) is 0.170. The van der Waals surface area contributed by atoms with E-state index >= 15 is 0 Å². The van der Waals surface area contributed by atoms with Crippen molar-refractivity contribution in [2.24, 2.45) is 0 Å². The number of allylic oxidation sites excluding steroid dienone is 1. The van der Waals surface area contributed by atoms with Gasteiger partial charge in [-0.1, -0.05) is 12.1 Å². The summed E-state index contributed by atoms with van der Waals surface area (Å²) in [6, 6.07) is 6.72. The molecular weight excluding hydrogens is 272 g/mol. The van der Waals surface area contributed by atoms with Crippen molar-refractivity contribution in [3.8, 4) is 0 Å². The summed E-state index contributed by atoms with van der Waals surface area (Å²) in [6.07, 6.45) is 1.34. The first-order valence-electron chi connectivity index (χ1n) is 6.40. The van der Waals surface area contributed by atoms with E-state index in [9.17, 15) is 9.59 Å². The van der Waals surface area contributed by atoms with Gasteiger partial charge in [0.25, 0.3) is 5.91 Å². The number of methoxy groups -OCH3 is 1. The lowest BCUT2D eigenvalue weighted by molar-refractivity contribution is -0.116. The lowest BCUT2D eigenvalue weighted by atomic mass is 10.2. The van der Waals surface area contributed by atoms with Crippen molar-refractivity contribution in [3.05, 3.63) is 41.6 Å². The van der Waals surface area contributed by atoms with Gasteiger partial charge in [-0.2, -0.15) is 0 Å². The van der Waals surface area contributed by atoms with Crippen molar-refractivity contribution in [3.63, 3.8) is 0 Å². The molecule has 1 aromatic carbocycles. The second-order valence-electron chi connectivity index (χ2n) is 4.28. The summed E-state index contributed by atoms with van der Waals surface area (Å²) in [5, 5.41) is 2.63. The molecule has 0 bridgehead atoms. The Balaban J connectivity index is 2.45. The molecule has 0 unspecified atom stereocenters. The zero-order valence-corrected chi connectivity index (χ0v) is 12.1. The van der Waals surface area contributed by atoms with Gasteiger partial charge < -0.3 is 21.2 Å². The first kappa shape index (κ1) is 16.5. The Labute approximate surface area is 123 Å². The number of hydrogen-bond donors (Lipinski definition) is 4. The zero-order chi connectivity index (χ0) is 15.7. The molecule has 21 heavy (non-hydrogen) atoms. The third-order valence-electron chi connectivity index (χ3n) is 2.53. The Hall–Kier alpha value is -2.54. The van der Waals surface area contributed by atoms with Gasteiger partial charge in [0.15, 0.2) is 0 Å². The fraction of sp³-hybridized carbons (Fsp3) is 0.286. The van der Waals surface area contributed by atoms with Crippen molar-refractivity contribution >= 4 is 17.5 Å². The average Bonchev–Trinajstić information content (AvgIpc) is 2.45. The molecule has 7 heteroatoms. The number of para-hydroxylation sites is 1. The van der Waals surface area contributed by atoms with Crippen LogP contribution in [0.4, 0.5) is 5.69 Å². The lowest BCUT2D eigenvalue weighted by Crippen LogP contribution is -2.37. The van der Waals surface area contributed by atoms with Crippen LogP contribution >= 0.6 is 0 Å². The number of carbonyl (C=O) groups is 2. The van der Waals surface area contributed by atoms with E-state index in [0.717, 1.165) is 0 Å². The normalized spacial score (nSPS) is 10.9. The van der Waals surface area contributed by atoms with Gasteiger partial charge in [-0.15, -0.1) is 0 Å². The second-order valence-corrected chi connectivity index (χ2v) is 4.28. The van der Waals surface area contributed by atoms with Gasteiger partial charge >= 0.3 is 0 Å². The molecular formula is C14H20N4O3. The van der Waals surface area contributed by atoms with Crippen LogP contribution in [-0.2, 0) is 9.53 Å². The van der Waals surface area contributed by atoms with E-state index in [4.69, 9.17) is 10.5 Å². The summed E-state index contributed by atoms with van der Waals surface area (Å²) in [5.74, 6) is -0.647. The van der Waals surface area contributed by atoms with Crippen LogP contribution < -0.4 is 21.9 Å². The van der Waals surface area contributed by atoms with Gasteiger partial charge in [0.1, 0.15) is 0 Å². The number of rotatable bonds is 7. The molecule has 0 atom stereocenters. The number of nitrogens with two attached hydrogens (primary N) is 1. The number of benzene rings is 1. The fourth-order valence-corrected chi connectivity index (χ4v) is 1.49. The van der Waals surface area contributed by atoms with Gasteiger partial charge in [0, 0.05) is 31.1 Å². The number of nitrogens with one attached hydrogen (secondary N) is 3. The first-order chi connectivity index (χ1) is 10.0. The summed E-state index contributed by atoms with van der Waals surface area (Å²) >= 11 is 0. The highest BCUT2D eigenvalue weighted by atomic mass is 16.5. The molecule has 0 radical (unpaired) electrons. The van der Waals surface area contributed by atoms with E-state index in [1.165, 1.54) is 6.08 Å². The smallest absolute Gasteiger partial charge is 0.271 e. The fourth-order valence-electron chi connectivity index (χ4n) is 1.49. The largest absolute Gasteiger partial charge is 0.398 e. The van der Waals surface area contributed by atoms with Crippen molar-refractivity contribution in [2.75, 3.05) is 26.0 Å². The molecule has 1 aromatic rings. The van der Waals surface area contributed by atoms with E-state index < -0.39 is 0 Å². The summed E-state index contributed by atoms with van der Waals surface area (Å²) in [4.78, 5) is 23.4. The van der Waals surface area contributed by atoms with Gasteiger partial charge in [-0.3, -0.25) is 15.0 Å². The highest BCUT2D eigenvalue weighted by Crippen LogP contribution is 2.09. The third kappa shape index (κ3) is 5.96. The number of nitrogen functional groups attached to an aromatic ring is 1. The minimum Gasteiger partial charge on any atom is -0.398 e. The summed E-state index contributed by atoms with van der Waals surface area (Å²) in [5.41, 5.74) is 12.1. The topological polar surface area (TPSA) is 105 Å². The second kappa shape index (κ2) is 8.60. The summed E-state index contributed by atoms with van der Waals surface area (Å²) in [6.45, 7) is 2.52. The average molecular weight is 292 g/mol. The van der Waals surface area contributed by atoms with Gasteiger partial charge in [-0.25, -0.2) is 0 Å². The molecule has 114 valence electrons. The maximum atomic E-state index is 11.9. The first-order valence-corrected chi connectivity index (χ1v) is 6.40. The molecule has 0 aliphatic carbocycles. The van der Waals surface area contributed by atoms with E-state index in [-0.39, 0.29) is 11.8 Å². The van der Waals surface area contributed by atoms with Crippen LogP contribution in [0.5, 0.6) is 0 Å². The van der Waals surface area contributed by atoms with Gasteiger partial charge in [0.2, 0.25) is 5.91 Å². The molecule has 0 aromatic heterocycles. The standard InChI is InChI=1S/C14H20N4O3/c1-10(9-13(19)16-7-8-21-2)17-18-14(20)11-5-3-4-6-12(11)15/h3-6,9,17H,7-8,15H2,1-2H3,(H,16,19)(H,18,20)/b10-9-. The highest BCUT2D eigenvalue weighted by molar-refractivity contribution is 5.98. The van der Waals surface area contributed by atoms with Crippen LogP contribution in [0.3, 0.4) is 0 Å². The van der Waals surface area contributed by atoms with Gasteiger partial charge in [-0.05, 0) is 19.1 Å². The van der Waals surface area contributed by atoms with Crippen LogP contribution in [0.1, 0.15) is 17.3 Å². The van der Waals surface area contributed by atoms with Crippen LogP contribution in [0.15, 0.2) is 36.0 Å². The maximum absolute atomic E-state index is 11.9. The maximum Gasteiger partial charge on any atom is 0.271 e. The van der Waals surface area contributed by atoms with Crippen molar-refractivity contribution < 1.29 is 14.3 Å². The van der Waals surface area contributed by atoms with E-state index in [1.54, 1.807) is 38.3 Å². The van der Waals surface area contributed by atoms with Crippen LogP contribution in [0.25, 0.3) is 0 Å². The molecule has 5 N–H and O–H groups in total. The monoisotopic (exact) mass is 292 g/mol. The number of hydrogen-bond acceptors (Lipinski definition) is 5. The molecule has 0 saturated carbocycles. The number of carbonyl (C=O) groups excluding carboxylic acids is 2. The van der Waals surface area contributed by atoms with Crippen molar-refractivity contribution in [1.82, 2.24) is 16.2 Å². The molecule has 2 amide bonds. The van der Waals surface area contributed by atoms with Crippen LogP contribution in [0.2, 0.25) is 0 Å². The predicted molar refractivity (Wildman–Crippen MR) is 80.1 cm³/mol. The van der Waals surface area contributed by atoms with E-state index in [0.29, 0.717) is 30.1 Å². The number of hydrazine groups is 1. The summed E-state index contributed by atoms with van der Waals surface area (Å²) < 4.78 is 4.82. The number of amides is 2. The zero-order valence-electron chi connectivity index (χ0n) is 12.1. The van der Waals surface area contributed by atoms with Gasteiger partial charge in [0.05, 0.1) is 12.2 Å². The Morgan fingerprint density at radius 2 is 2.00 bits per heavy atom. The summed E-state index contributed by atoms with van der Waals surface area (Å²) in [7, 11) is 1.56. The minimum absolute atomic E-state index is 0.273. The molecule has 1 rings (SSSR count). The Morgan fingerprint density at radius 1 is 1.29 bits per heavy atom. The lowest BCUT2D eigenvalue weighted by Gasteiger charge is -2.10. The molecule has 0 spiro atoms. The third-order valence-corrected chi connectivity index (χ3v) is 2.53. The highest BCUT2D eigenvalue weighted by Gasteiger charge is 2.08. The Bertz CT molecular complexity index is 529. The molecule has 0 fully saturated rings. The van der Waals surface area contributed by atoms with Crippen LogP contribution in [0, 0.1) is 0 Å².